The first-order chi connectivity index (χ1) is 8.20. The van der Waals surface area contributed by atoms with Gasteiger partial charge in [-0.3, -0.25) is 9.36 Å². The molecule has 0 unspecified atom stereocenters. The molecule has 1 heterocycles. The van der Waals surface area contributed by atoms with E-state index in [2.05, 4.69) is 4.98 Å². The predicted molar refractivity (Wildman–Crippen MR) is 62.5 cm³/mol. The molecule has 3 rings (SSSR count). The second kappa shape index (κ2) is 3.48. The molecular formula is C12H12N2O3. The third-order valence-electron chi connectivity index (χ3n) is 3.02. The lowest BCUT2D eigenvalue weighted by molar-refractivity contribution is 0.374. The van der Waals surface area contributed by atoms with Crippen LogP contribution in [-0.4, -0.2) is 21.8 Å². The highest BCUT2D eigenvalue weighted by Gasteiger charge is 2.25. The van der Waals surface area contributed by atoms with Crippen LogP contribution < -0.4 is 10.3 Å². The topological polar surface area (TPSA) is 64.4 Å². The van der Waals surface area contributed by atoms with Gasteiger partial charge in [0.25, 0.3) is 5.56 Å². The number of methoxy groups -OCH3 is 1. The van der Waals surface area contributed by atoms with Gasteiger partial charge in [-0.1, -0.05) is 0 Å². The fraction of sp³-hybridized carbons (Fsp3) is 0.333. The highest BCUT2D eigenvalue weighted by molar-refractivity contribution is 5.81. The van der Waals surface area contributed by atoms with Crippen LogP contribution in [0.2, 0.25) is 0 Å². The van der Waals surface area contributed by atoms with E-state index in [1.165, 1.54) is 13.2 Å². The number of benzene rings is 1. The molecule has 0 aliphatic heterocycles. The summed E-state index contributed by atoms with van der Waals surface area (Å²) >= 11 is 0. The van der Waals surface area contributed by atoms with Gasteiger partial charge in [-0.25, -0.2) is 4.98 Å². The maximum Gasteiger partial charge on any atom is 0.261 e. The van der Waals surface area contributed by atoms with E-state index in [-0.39, 0.29) is 17.4 Å². The maximum atomic E-state index is 12.1. The molecular weight excluding hydrogens is 220 g/mol. The Morgan fingerprint density at radius 2 is 2.24 bits per heavy atom. The number of nitrogens with zero attached hydrogens (tertiary/aromatic N) is 2. The summed E-state index contributed by atoms with van der Waals surface area (Å²) in [5.41, 5.74) is 0.442. The lowest BCUT2D eigenvalue weighted by atomic mass is 10.2. The normalized spacial score (nSPS) is 15.1. The maximum absolute atomic E-state index is 12.1. The van der Waals surface area contributed by atoms with Crippen molar-refractivity contribution in [3.8, 4) is 11.5 Å². The van der Waals surface area contributed by atoms with Crippen LogP contribution in [0.15, 0.2) is 23.3 Å². The van der Waals surface area contributed by atoms with E-state index in [4.69, 9.17) is 4.74 Å². The first-order valence-corrected chi connectivity index (χ1v) is 5.48. The number of aromatic nitrogens is 2. The fourth-order valence-corrected chi connectivity index (χ4v) is 1.93. The monoisotopic (exact) mass is 232 g/mol. The third kappa shape index (κ3) is 1.54. The molecule has 1 fully saturated rings. The SMILES string of the molecule is COc1cc2ncn(C3CC3)c(=O)c2cc1O. The lowest BCUT2D eigenvalue weighted by Crippen LogP contribution is -2.19. The molecule has 1 N–H and O–H groups in total. The van der Waals surface area contributed by atoms with Gasteiger partial charge < -0.3 is 9.84 Å². The number of hydrogen-bond acceptors (Lipinski definition) is 4. The zero-order valence-electron chi connectivity index (χ0n) is 9.38. The molecule has 1 aliphatic rings. The number of phenolic OH excluding ortho intramolecular Hbond substituents is 1. The molecule has 0 saturated heterocycles. The first-order valence-electron chi connectivity index (χ1n) is 5.48. The van der Waals surface area contributed by atoms with Crippen LogP contribution in [0.3, 0.4) is 0 Å². The minimum atomic E-state index is -0.101. The summed E-state index contributed by atoms with van der Waals surface area (Å²) in [5, 5.41) is 10.1. The number of hydrogen-bond donors (Lipinski definition) is 1. The van der Waals surface area contributed by atoms with E-state index in [0.717, 1.165) is 12.8 Å². The van der Waals surface area contributed by atoms with Gasteiger partial charge in [-0.05, 0) is 18.9 Å². The summed E-state index contributed by atoms with van der Waals surface area (Å²) < 4.78 is 6.62. The summed E-state index contributed by atoms with van der Waals surface area (Å²) in [5.74, 6) is 0.293. The summed E-state index contributed by atoms with van der Waals surface area (Å²) in [6.07, 6.45) is 3.61. The Labute approximate surface area is 97.3 Å². The fourth-order valence-electron chi connectivity index (χ4n) is 1.93. The van der Waals surface area contributed by atoms with E-state index < -0.39 is 0 Å². The average molecular weight is 232 g/mol. The molecule has 0 spiro atoms. The van der Waals surface area contributed by atoms with Gasteiger partial charge >= 0.3 is 0 Å². The van der Waals surface area contributed by atoms with Crippen molar-refractivity contribution in [2.45, 2.75) is 18.9 Å². The summed E-state index contributed by atoms with van der Waals surface area (Å²) in [7, 11) is 1.46. The van der Waals surface area contributed by atoms with Crippen LogP contribution in [-0.2, 0) is 0 Å². The zero-order valence-corrected chi connectivity index (χ0v) is 9.38. The first kappa shape index (κ1) is 10.1. The second-order valence-corrected chi connectivity index (χ2v) is 4.23. The summed E-state index contributed by atoms with van der Waals surface area (Å²) in [6, 6.07) is 3.27. The smallest absolute Gasteiger partial charge is 0.261 e. The molecule has 0 bridgehead atoms. The minimum Gasteiger partial charge on any atom is -0.504 e. The van der Waals surface area contributed by atoms with Crippen LogP contribution in [0, 0.1) is 0 Å². The highest BCUT2D eigenvalue weighted by atomic mass is 16.5. The van der Waals surface area contributed by atoms with Crippen molar-refractivity contribution < 1.29 is 9.84 Å². The molecule has 88 valence electrons. The number of phenols is 1. The van der Waals surface area contributed by atoms with Crippen molar-refractivity contribution in [1.29, 1.82) is 0 Å². The molecule has 0 radical (unpaired) electrons. The average Bonchev–Trinajstić information content (AvgIpc) is 3.14. The Morgan fingerprint density at radius 1 is 1.47 bits per heavy atom. The Morgan fingerprint density at radius 3 is 2.88 bits per heavy atom. The molecule has 17 heavy (non-hydrogen) atoms. The molecule has 1 saturated carbocycles. The van der Waals surface area contributed by atoms with Crippen molar-refractivity contribution in [2.75, 3.05) is 7.11 Å². The number of rotatable bonds is 2. The Kier molecular flexibility index (Phi) is 2.07. The second-order valence-electron chi connectivity index (χ2n) is 4.23. The number of aromatic hydroxyl groups is 1. The Balaban J connectivity index is 2.29. The van der Waals surface area contributed by atoms with E-state index in [9.17, 15) is 9.90 Å². The molecule has 5 heteroatoms. The van der Waals surface area contributed by atoms with E-state index in [1.54, 1.807) is 17.0 Å². The van der Waals surface area contributed by atoms with Crippen LogP contribution in [0.5, 0.6) is 11.5 Å². The number of fused-ring (bicyclic) bond motifs is 1. The van der Waals surface area contributed by atoms with Crippen molar-refractivity contribution in [1.82, 2.24) is 9.55 Å². The van der Waals surface area contributed by atoms with E-state index >= 15 is 0 Å². The van der Waals surface area contributed by atoms with Gasteiger partial charge in [0.2, 0.25) is 0 Å². The van der Waals surface area contributed by atoms with Crippen LogP contribution in [0.4, 0.5) is 0 Å². The van der Waals surface area contributed by atoms with Gasteiger partial charge in [0, 0.05) is 12.1 Å². The highest BCUT2D eigenvalue weighted by Crippen LogP contribution is 2.34. The van der Waals surface area contributed by atoms with Gasteiger partial charge in [0.1, 0.15) is 0 Å². The third-order valence-corrected chi connectivity index (χ3v) is 3.02. The molecule has 1 aromatic heterocycles. The van der Waals surface area contributed by atoms with Crippen molar-refractivity contribution in [2.24, 2.45) is 0 Å². The molecule has 2 aromatic rings. The van der Waals surface area contributed by atoms with Crippen LogP contribution in [0.25, 0.3) is 10.9 Å². The standard InChI is InChI=1S/C12H12N2O3/c1-17-11-5-9-8(4-10(11)15)12(16)14(6-13-9)7-2-3-7/h4-7,15H,2-3H2,1H3. The van der Waals surface area contributed by atoms with Gasteiger partial charge in [0.05, 0.1) is 24.3 Å². The summed E-state index contributed by atoms with van der Waals surface area (Å²) in [6.45, 7) is 0. The van der Waals surface area contributed by atoms with E-state index in [1.807, 2.05) is 0 Å². The Bertz CT molecular complexity index is 644. The van der Waals surface area contributed by atoms with Crippen LogP contribution in [0.1, 0.15) is 18.9 Å². The zero-order chi connectivity index (χ0) is 12.0. The molecule has 1 aromatic carbocycles. The largest absolute Gasteiger partial charge is 0.504 e. The van der Waals surface area contributed by atoms with E-state index in [0.29, 0.717) is 16.7 Å². The molecule has 0 amide bonds. The van der Waals surface area contributed by atoms with Crippen LogP contribution >= 0.6 is 0 Å². The Hall–Kier alpha value is -2.04. The van der Waals surface area contributed by atoms with Gasteiger partial charge in [-0.2, -0.15) is 0 Å². The predicted octanol–water partition coefficient (Wildman–Crippen LogP) is 1.45. The molecule has 5 nitrogen and oxygen atoms in total. The van der Waals surface area contributed by atoms with Crippen molar-refractivity contribution >= 4 is 10.9 Å². The number of ether oxygens (including phenoxy) is 1. The van der Waals surface area contributed by atoms with Gasteiger partial charge in [0.15, 0.2) is 11.5 Å². The van der Waals surface area contributed by atoms with Gasteiger partial charge in [-0.15, -0.1) is 0 Å². The van der Waals surface area contributed by atoms with Crippen molar-refractivity contribution in [3.05, 3.63) is 28.8 Å². The summed E-state index contributed by atoms with van der Waals surface area (Å²) in [4.78, 5) is 16.4. The van der Waals surface area contributed by atoms with Crippen molar-refractivity contribution in [3.63, 3.8) is 0 Å². The quantitative estimate of drug-likeness (QED) is 0.851. The minimum absolute atomic E-state index is 0.0348. The molecule has 0 atom stereocenters. The lowest BCUT2D eigenvalue weighted by Gasteiger charge is -2.07. The molecule has 1 aliphatic carbocycles.